The van der Waals surface area contributed by atoms with Crippen LogP contribution in [0.25, 0.3) is 0 Å². The molecule has 0 amide bonds. The molecule has 3 heteroatoms. The molecule has 0 saturated carbocycles. The first-order valence-corrected chi connectivity index (χ1v) is 7.22. The molecule has 0 aliphatic heterocycles. The molecule has 0 saturated heterocycles. The maximum absolute atomic E-state index is 13.5. The molecule has 1 N–H and O–H groups in total. The van der Waals surface area contributed by atoms with Crippen LogP contribution < -0.4 is 5.32 Å². The van der Waals surface area contributed by atoms with Crippen LogP contribution in [-0.2, 0) is 19.4 Å². The molecule has 0 fully saturated rings. The van der Waals surface area contributed by atoms with Gasteiger partial charge in [0.1, 0.15) is 5.82 Å². The van der Waals surface area contributed by atoms with Crippen LogP contribution in [0.3, 0.4) is 0 Å². The van der Waals surface area contributed by atoms with Gasteiger partial charge in [-0.1, -0.05) is 32.0 Å². The van der Waals surface area contributed by atoms with Crippen molar-refractivity contribution in [2.45, 2.75) is 33.2 Å². The lowest BCUT2D eigenvalue weighted by atomic mass is 10.0. The van der Waals surface area contributed by atoms with Gasteiger partial charge in [0, 0.05) is 12.2 Å². The Bertz CT molecular complexity index is 649. The standard InChI is InChI=1S/C18H19FN2/c1-3-15-6-5-7-16(4-2)18(15)21-12-14-8-13(11-20)9-17(19)10-14/h5-10,21H,3-4,12H2,1-2H3. The number of para-hydroxylation sites is 1. The minimum Gasteiger partial charge on any atom is -0.381 e. The Balaban J connectivity index is 2.24. The van der Waals surface area contributed by atoms with Crippen molar-refractivity contribution < 1.29 is 4.39 Å². The third-order valence-corrected chi connectivity index (χ3v) is 3.55. The first kappa shape index (κ1) is 15.1. The number of nitrogens with zero attached hydrogens (tertiary/aromatic N) is 1. The molecular formula is C18H19FN2. The van der Waals surface area contributed by atoms with E-state index in [0.29, 0.717) is 12.1 Å². The topological polar surface area (TPSA) is 35.8 Å². The van der Waals surface area contributed by atoms with E-state index in [4.69, 9.17) is 5.26 Å². The molecule has 108 valence electrons. The van der Waals surface area contributed by atoms with E-state index in [0.717, 1.165) is 24.1 Å². The zero-order chi connectivity index (χ0) is 15.2. The summed E-state index contributed by atoms with van der Waals surface area (Å²) >= 11 is 0. The number of halogens is 1. The summed E-state index contributed by atoms with van der Waals surface area (Å²) in [6.45, 7) is 4.75. The van der Waals surface area contributed by atoms with Crippen LogP contribution in [0, 0.1) is 17.1 Å². The summed E-state index contributed by atoms with van der Waals surface area (Å²) in [6, 6.07) is 12.7. The third-order valence-electron chi connectivity index (χ3n) is 3.55. The van der Waals surface area contributed by atoms with Crippen LogP contribution in [0.15, 0.2) is 36.4 Å². The normalized spacial score (nSPS) is 10.2. The minimum atomic E-state index is -0.370. The van der Waals surface area contributed by atoms with Crippen molar-refractivity contribution >= 4 is 5.69 Å². The highest BCUT2D eigenvalue weighted by Gasteiger charge is 2.07. The van der Waals surface area contributed by atoms with Crippen LogP contribution in [0.5, 0.6) is 0 Å². The first-order chi connectivity index (χ1) is 10.2. The summed E-state index contributed by atoms with van der Waals surface area (Å²) in [5.41, 5.74) is 4.77. The zero-order valence-corrected chi connectivity index (χ0v) is 12.4. The summed E-state index contributed by atoms with van der Waals surface area (Å²) in [5.74, 6) is -0.370. The Morgan fingerprint density at radius 2 is 1.76 bits per heavy atom. The number of rotatable bonds is 5. The average molecular weight is 282 g/mol. The fourth-order valence-electron chi connectivity index (χ4n) is 2.48. The highest BCUT2D eigenvalue weighted by molar-refractivity contribution is 5.58. The van der Waals surface area contributed by atoms with Crippen molar-refractivity contribution in [1.29, 1.82) is 5.26 Å². The van der Waals surface area contributed by atoms with Gasteiger partial charge in [-0.15, -0.1) is 0 Å². The lowest BCUT2D eigenvalue weighted by molar-refractivity contribution is 0.625. The van der Waals surface area contributed by atoms with Crippen molar-refractivity contribution in [3.8, 4) is 6.07 Å². The van der Waals surface area contributed by atoms with Crippen molar-refractivity contribution in [2.75, 3.05) is 5.32 Å². The predicted molar refractivity (Wildman–Crippen MR) is 83.6 cm³/mol. The fraction of sp³-hybridized carbons (Fsp3) is 0.278. The Labute approximate surface area is 125 Å². The molecular weight excluding hydrogens is 263 g/mol. The first-order valence-electron chi connectivity index (χ1n) is 7.22. The minimum absolute atomic E-state index is 0.353. The average Bonchev–Trinajstić information content (AvgIpc) is 2.51. The number of benzene rings is 2. The van der Waals surface area contributed by atoms with E-state index in [1.807, 2.05) is 6.07 Å². The molecule has 0 spiro atoms. The van der Waals surface area contributed by atoms with E-state index in [1.54, 1.807) is 6.07 Å². The number of nitriles is 1. The Kier molecular flexibility index (Phi) is 4.94. The molecule has 0 bridgehead atoms. The molecule has 0 atom stereocenters. The second kappa shape index (κ2) is 6.90. The van der Waals surface area contributed by atoms with Gasteiger partial charge < -0.3 is 5.32 Å². The van der Waals surface area contributed by atoms with Crippen molar-refractivity contribution in [3.05, 3.63) is 64.5 Å². The van der Waals surface area contributed by atoms with Gasteiger partial charge in [0.15, 0.2) is 0 Å². The molecule has 2 aromatic carbocycles. The van der Waals surface area contributed by atoms with Crippen LogP contribution in [0.2, 0.25) is 0 Å². The molecule has 2 nitrogen and oxygen atoms in total. The number of hydrogen-bond donors (Lipinski definition) is 1. The maximum atomic E-state index is 13.5. The maximum Gasteiger partial charge on any atom is 0.124 e. The molecule has 21 heavy (non-hydrogen) atoms. The lowest BCUT2D eigenvalue weighted by Gasteiger charge is -2.15. The van der Waals surface area contributed by atoms with E-state index in [1.165, 1.54) is 23.3 Å². The third kappa shape index (κ3) is 3.61. The van der Waals surface area contributed by atoms with Crippen LogP contribution in [-0.4, -0.2) is 0 Å². The molecule has 2 aromatic rings. The molecule has 0 unspecified atom stereocenters. The highest BCUT2D eigenvalue weighted by atomic mass is 19.1. The van der Waals surface area contributed by atoms with Crippen LogP contribution >= 0.6 is 0 Å². The van der Waals surface area contributed by atoms with Gasteiger partial charge in [-0.2, -0.15) is 5.26 Å². The second-order valence-electron chi connectivity index (χ2n) is 4.97. The molecule has 0 heterocycles. The van der Waals surface area contributed by atoms with Gasteiger partial charge in [0.25, 0.3) is 0 Å². The van der Waals surface area contributed by atoms with Crippen molar-refractivity contribution in [3.63, 3.8) is 0 Å². The number of anilines is 1. The molecule has 0 aliphatic rings. The number of hydrogen-bond acceptors (Lipinski definition) is 2. The zero-order valence-electron chi connectivity index (χ0n) is 12.4. The fourth-order valence-corrected chi connectivity index (χ4v) is 2.48. The Hall–Kier alpha value is -2.34. The van der Waals surface area contributed by atoms with E-state index >= 15 is 0 Å². The smallest absolute Gasteiger partial charge is 0.124 e. The van der Waals surface area contributed by atoms with E-state index in [9.17, 15) is 4.39 Å². The predicted octanol–water partition coefficient (Wildman–Crippen LogP) is 4.43. The van der Waals surface area contributed by atoms with Gasteiger partial charge in [-0.05, 0) is 47.7 Å². The largest absolute Gasteiger partial charge is 0.381 e. The van der Waals surface area contributed by atoms with Gasteiger partial charge in [0.2, 0.25) is 0 Å². The Morgan fingerprint density at radius 1 is 1.10 bits per heavy atom. The Morgan fingerprint density at radius 3 is 2.33 bits per heavy atom. The van der Waals surface area contributed by atoms with Crippen LogP contribution in [0.4, 0.5) is 10.1 Å². The summed E-state index contributed by atoms with van der Waals surface area (Å²) in [5, 5.41) is 12.3. The second-order valence-corrected chi connectivity index (χ2v) is 4.97. The van der Waals surface area contributed by atoms with Gasteiger partial charge in [0.05, 0.1) is 11.6 Å². The summed E-state index contributed by atoms with van der Waals surface area (Å²) in [4.78, 5) is 0. The van der Waals surface area contributed by atoms with E-state index in [2.05, 4.69) is 37.4 Å². The van der Waals surface area contributed by atoms with Gasteiger partial charge >= 0.3 is 0 Å². The SMILES string of the molecule is CCc1cccc(CC)c1NCc1cc(F)cc(C#N)c1. The van der Waals surface area contributed by atoms with E-state index < -0.39 is 0 Å². The molecule has 0 radical (unpaired) electrons. The van der Waals surface area contributed by atoms with Gasteiger partial charge in [-0.25, -0.2) is 4.39 Å². The lowest BCUT2D eigenvalue weighted by Crippen LogP contribution is -2.05. The quantitative estimate of drug-likeness (QED) is 0.880. The molecule has 2 rings (SSSR count). The van der Waals surface area contributed by atoms with Gasteiger partial charge in [-0.3, -0.25) is 0 Å². The van der Waals surface area contributed by atoms with E-state index in [-0.39, 0.29) is 5.82 Å². The monoisotopic (exact) mass is 282 g/mol. The van der Waals surface area contributed by atoms with Crippen molar-refractivity contribution in [1.82, 2.24) is 0 Å². The number of aryl methyl sites for hydroxylation is 2. The summed E-state index contributed by atoms with van der Waals surface area (Å²) < 4.78 is 13.5. The summed E-state index contributed by atoms with van der Waals surface area (Å²) in [7, 11) is 0. The van der Waals surface area contributed by atoms with Crippen LogP contribution in [0.1, 0.15) is 36.1 Å². The molecule has 0 aliphatic carbocycles. The highest BCUT2D eigenvalue weighted by Crippen LogP contribution is 2.23. The summed E-state index contributed by atoms with van der Waals surface area (Å²) in [6.07, 6.45) is 1.89. The number of nitrogens with one attached hydrogen (secondary N) is 1. The molecule has 0 aromatic heterocycles. The van der Waals surface area contributed by atoms with Crippen molar-refractivity contribution in [2.24, 2.45) is 0 Å².